The fourth-order valence-corrected chi connectivity index (χ4v) is 4.18. The van der Waals surface area contributed by atoms with E-state index >= 15 is 0 Å². The number of carbonyl (C=O) groups is 2. The highest BCUT2D eigenvalue weighted by atomic mass is 32.2. The highest BCUT2D eigenvalue weighted by Crippen LogP contribution is 2.45. The van der Waals surface area contributed by atoms with Gasteiger partial charge < -0.3 is 10.0 Å². The maximum Gasteiger partial charge on any atom is 0.327 e. The maximum absolute atomic E-state index is 12.7. The van der Waals surface area contributed by atoms with Crippen LogP contribution in [-0.4, -0.2) is 44.0 Å². The first-order valence-corrected chi connectivity index (χ1v) is 7.72. The van der Waals surface area contributed by atoms with Crippen LogP contribution in [0.5, 0.6) is 0 Å². The van der Waals surface area contributed by atoms with E-state index in [1.807, 2.05) is 6.92 Å². The lowest BCUT2D eigenvalue weighted by Crippen LogP contribution is -2.46. The second-order valence-corrected chi connectivity index (χ2v) is 6.46. The third-order valence-corrected chi connectivity index (χ3v) is 5.18. The second-order valence-electron chi connectivity index (χ2n) is 5.31. The third kappa shape index (κ3) is 2.40. The van der Waals surface area contributed by atoms with Gasteiger partial charge in [0.15, 0.2) is 0 Å². The summed E-state index contributed by atoms with van der Waals surface area (Å²) >= 11 is 1.59. The van der Waals surface area contributed by atoms with Crippen molar-refractivity contribution in [2.24, 2.45) is 5.92 Å². The number of carboxylic acids is 1. The van der Waals surface area contributed by atoms with Gasteiger partial charge in [-0.3, -0.25) is 9.78 Å². The summed E-state index contributed by atoms with van der Waals surface area (Å²) in [5.74, 6) is -0.174. The van der Waals surface area contributed by atoms with Crippen LogP contribution in [-0.2, 0) is 4.79 Å². The predicted octanol–water partition coefficient (Wildman–Crippen LogP) is 1.77. The van der Waals surface area contributed by atoms with E-state index in [1.54, 1.807) is 35.0 Å². The standard InChI is InChI=1S/C14H16N2O3S/c1-8-6-10(4-5-15-8)12(17)16-11(14(18)19)7-20-13(16)9-2-3-9/h4-6,9,11,13H,2-3,7H2,1H3,(H,18,19). The van der Waals surface area contributed by atoms with Gasteiger partial charge in [0, 0.05) is 23.2 Å². The molecular weight excluding hydrogens is 276 g/mol. The van der Waals surface area contributed by atoms with E-state index in [9.17, 15) is 14.7 Å². The number of rotatable bonds is 3. The maximum atomic E-state index is 12.7. The molecule has 1 saturated heterocycles. The summed E-state index contributed by atoms with van der Waals surface area (Å²) in [6, 6.07) is 2.65. The largest absolute Gasteiger partial charge is 0.480 e. The van der Waals surface area contributed by atoms with Crippen LogP contribution in [0.25, 0.3) is 0 Å². The summed E-state index contributed by atoms with van der Waals surface area (Å²) in [4.78, 5) is 29.7. The van der Waals surface area contributed by atoms with E-state index in [4.69, 9.17) is 0 Å². The smallest absolute Gasteiger partial charge is 0.327 e. The number of carboxylic acid groups (broad SMARTS) is 1. The van der Waals surface area contributed by atoms with Crippen LogP contribution in [0.1, 0.15) is 28.9 Å². The van der Waals surface area contributed by atoms with Crippen molar-refractivity contribution < 1.29 is 14.7 Å². The van der Waals surface area contributed by atoms with Crippen molar-refractivity contribution in [2.45, 2.75) is 31.2 Å². The lowest BCUT2D eigenvalue weighted by atomic mass is 10.1. The molecule has 0 spiro atoms. The van der Waals surface area contributed by atoms with Crippen molar-refractivity contribution in [3.8, 4) is 0 Å². The first kappa shape index (κ1) is 13.4. The number of aliphatic carboxylic acids is 1. The average molecular weight is 292 g/mol. The lowest BCUT2D eigenvalue weighted by molar-refractivity contribution is -0.141. The number of hydrogen-bond acceptors (Lipinski definition) is 4. The summed E-state index contributed by atoms with van der Waals surface area (Å²) in [7, 11) is 0. The number of carbonyl (C=O) groups excluding carboxylic acids is 1. The molecule has 20 heavy (non-hydrogen) atoms. The van der Waals surface area contributed by atoms with Gasteiger partial charge in [-0.1, -0.05) is 0 Å². The molecule has 6 heteroatoms. The molecular formula is C14H16N2O3S. The lowest BCUT2D eigenvalue weighted by Gasteiger charge is -2.27. The van der Waals surface area contributed by atoms with Crippen molar-refractivity contribution in [2.75, 3.05) is 5.75 Å². The first-order valence-electron chi connectivity index (χ1n) is 6.67. The molecule has 2 unspecified atom stereocenters. The van der Waals surface area contributed by atoms with Gasteiger partial charge in [-0.15, -0.1) is 11.8 Å². The molecule has 0 radical (unpaired) electrons. The van der Waals surface area contributed by atoms with Crippen molar-refractivity contribution in [3.05, 3.63) is 29.6 Å². The number of aryl methyl sites for hydroxylation is 1. The Hall–Kier alpha value is -1.56. The van der Waals surface area contributed by atoms with Crippen molar-refractivity contribution in [1.29, 1.82) is 0 Å². The Bertz CT molecular complexity index is 559. The SMILES string of the molecule is Cc1cc(C(=O)N2C(C(=O)O)CSC2C2CC2)ccn1. The van der Waals surface area contributed by atoms with Gasteiger partial charge in [-0.25, -0.2) is 4.79 Å². The topological polar surface area (TPSA) is 70.5 Å². The summed E-state index contributed by atoms with van der Waals surface area (Å²) in [5, 5.41) is 9.35. The van der Waals surface area contributed by atoms with Gasteiger partial charge in [-0.05, 0) is 37.8 Å². The van der Waals surface area contributed by atoms with E-state index in [2.05, 4.69) is 4.98 Å². The van der Waals surface area contributed by atoms with E-state index in [1.165, 1.54) is 0 Å². The quantitative estimate of drug-likeness (QED) is 0.919. The summed E-state index contributed by atoms with van der Waals surface area (Å²) in [6.07, 6.45) is 3.76. The van der Waals surface area contributed by atoms with E-state index in [0.29, 0.717) is 17.2 Å². The number of hydrogen-bond donors (Lipinski definition) is 1. The normalized spacial score (nSPS) is 25.8. The van der Waals surface area contributed by atoms with Gasteiger partial charge in [0.25, 0.3) is 5.91 Å². The molecule has 3 rings (SSSR count). The monoisotopic (exact) mass is 292 g/mol. The number of nitrogens with zero attached hydrogens (tertiary/aromatic N) is 2. The first-order chi connectivity index (χ1) is 9.58. The molecule has 1 aliphatic carbocycles. The second kappa shape index (κ2) is 5.09. The molecule has 1 aliphatic heterocycles. The predicted molar refractivity (Wildman–Crippen MR) is 75.5 cm³/mol. The zero-order valence-electron chi connectivity index (χ0n) is 11.2. The Morgan fingerprint density at radius 3 is 2.80 bits per heavy atom. The van der Waals surface area contributed by atoms with Gasteiger partial charge in [0.2, 0.25) is 0 Å². The van der Waals surface area contributed by atoms with Crippen molar-refractivity contribution in [3.63, 3.8) is 0 Å². The van der Waals surface area contributed by atoms with Crippen LogP contribution in [0, 0.1) is 12.8 Å². The summed E-state index contributed by atoms with van der Waals surface area (Å²) in [6.45, 7) is 1.82. The molecule has 0 aromatic carbocycles. The molecule has 106 valence electrons. The molecule has 1 N–H and O–H groups in total. The Labute approximate surface area is 121 Å². The fourth-order valence-electron chi connectivity index (χ4n) is 2.55. The Balaban J connectivity index is 1.90. The fraction of sp³-hybridized carbons (Fsp3) is 0.500. The Morgan fingerprint density at radius 2 is 2.20 bits per heavy atom. The van der Waals surface area contributed by atoms with Gasteiger partial charge in [0.05, 0.1) is 5.37 Å². The Morgan fingerprint density at radius 1 is 1.45 bits per heavy atom. The van der Waals surface area contributed by atoms with Crippen LogP contribution in [0.15, 0.2) is 18.3 Å². The van der Waals surface area contributed by atoms with E-state index < -0.39 is 12.0 Å². The van der Waals surface area contributed by atoms with E-state index in [-0.39, 0.29) is 11.3 Å². The highest BCUT2D eigenvalue weighted by Gasteiger charge is 2.48. The molecule has 1 saturated carbocycles. The molecule has 1 aromatic rings. The van der Waals surface area contributed by atoms with Crippen molar-refractivity contribution >= 4 is 23.6 Å². The molecule has 5 nitrogen and oxygen atoms in total. The van der Waals surface area contributed by atoms with Crippen LogP contribution in [0.4, 0.5) is 0 Å². The summed E-state index contributed by atoms with van der Waals surface area (Å²) in [5.41, 5.74) is 1.29. The minimum atomic E-state index is -0.917. The highest BCUT2D eigenvalue weighted by molar-refractivity contribution is 8.00. The molecule has 2 atom stereocenters. The average Bonchev–Trinajstić information content (AvgIpc) is 3.16. The zero-order valence-corrected chi connectivity index (χ0v) is 12.0. The van der Waals surface area contributed by atoms with Crippen LogP contribution >= 0.6 is 11.8 Å². The minimum absolute atomic E-state index is 0.0112. The minimum Gasteiger partial charge on any atom is -0.480 e. The molecule has 1 aromatic heterocycles. The van der Waals surface area contributed by atoms with Crippen LogP contribution < -0.4 is 0 Å². The molecule has 2 aliphatic rings. The third-order valence-electron chi connectivity index (χ3n) is 3.72. The number of aromatic nitrogens is 1. The number of thioether (sulfide) groups is 1. The molecule has 2 fully saturated rings. The number of amides is 1. The van der Waals surface area contributed by atoms with Gasteiger partial charge in [-0.2, -0.15) is 0 Å². The van der Waals surface area contributed by atoms with E-state index in [0.717, 1.165) is 18.5 Å². The molecule has 1 amide bonds. The van der Waals surface area contributed by atoms with Crippen LogP contribution in [0.3, 0.4) is 0 Å². The Kier molecular flexibility index (Phi) is 3.41. The molecule has 2 heterocycles. The van der Waals surface area contributed by atoms with Crippen LogP contribution in [0.2, 0.25) is 0 Å². The van der Waals surface area contributed by atoms with Gasteiger partial charge >= 0.3 is 5.97 Å². The zero-order chi connectivity index (χ0) is 14.3. The van der Waals surface area contributed by atoms with Gasteiger partial charge in [0.1, 0.15) is 6.04 Å². The summed E-state index contributed by atoms with van der Waals surface area (Å²) < 4.78 is 0. The van der Waals surface area contributed by atoms with Crippen molar-refractivity contribution in [1.82, 2.24) is 9.88 Å². The molecule has 0 bridgehead atoms. The number of pyridine rings is 1.